The molecule has 4 heteroatoms. The Morgan fingerprint density at radius 1 is 1.13 bits per heavy atom. The molecular weight excluding hydrogens is 288 g/mol. The van der Waals surface area contributed by atoms with Crippen LogP contribution in [0.15, 0.2) is 59.4 Å². The summed E-state index contributed by atoms with van der Waals surface area (Å²) in [6.07, 6.45) is 0.656. The standard InChI is InChI=1S/C19H20N2O2/c1-3-15(19(2,23)13-9-5-4-6-10-13)17-20-16-12-8-7-11-14(16)18(22)21-17/h4-12,15,23H,3H2,1-2H3,(H,20,21,22). The molecule has 1 aromatic heterocycles. The predicted octanol–water partition coefficient (Wildman–Crippen LogP) is 3.32. The quantitative estimate of drug-likeness (QED) is 0.777. The summed E-state index contributed by atoms with van der Waals surface area (Å²) in [7, 11) is 0. The number of nitrogens with zero attached hydrogens (tertiary/aromatic N) is 1. The van der Waals surface area contributed by atoms with Gasteiger partial charge in [0.15, 0.2) is 0 Å². The molecule has 2 N–H and O–H groups in total. The van der Waals surface area contributed by atoms with Gasteiger partial charge in [0.1, 0.15) is 5.82 Å². The highest BCUT2D eigenvalue weighted by atomic mass is 16.3. The Bertz CT molecular complexity index is 869. The summed E-state index contributed by atoms with van der Waals surface area (Å²) in [6, 6.07) is 16.7. The van der Waals surface area contributed by atoms with Crippen LogP contribution in [0.5, 0.6) is 0 Å². The Kier molecular flexibility index (Phi) is 4.01. The van der Waals surface area contributed by atoms with E-state index in [0.717, 1.165) is 5.56 Å². The van der Waals surface area contributed by atoms with Crippen molar-refractivity contribution in [3.8, 4) is 0 Å². The molecule has 3 aromatic rings. The van der Waals surface area contributed by atoms with Crippen LogP contribution in [-0.4, -0.2) is 15.1 Å². The normalized spacial score (nSPS) is 15.3. The Morgan fingerprint density at radius 2 is 1.78 bits per heavy atom. The van der Waals surface area contributed by atoms with Crippen LogP contribution in [0.1, 0.15) is 37.6 Å². The second-order valence-electron chi connectivity index (χ2n) is 5.94. The summed E-state index contributed by atoms with van der Waals surface area (Å²) in [5, 5.41) is 11.7. The van der Waals surface area contributed by atoms with E-state index in [1.807, 2.05) is 55.5 Å². The number of hydrogen-bond donors (Lipinski definition) is 2. The number of aliphatic hydroxyl groups is 1. The molecule has 0 bridgehead atoms. The van der Waals surface area contributed by atoms with Crippen molar-refractivity contribution in [2.45, 2.75) is 31.8 Å². The van der Waals surface area contributed by atoms with Gasteiger partial charge in [0.2, 0.25) is 0 Å². The third-order valence-corrected chi connectivity index (χ3v) is 4.41. The molecule has 0 amide bonds. The van der Waals surface area contributed by atoms with Gasteiger partial charge in [-0.3, -0.25) is 4.79 Å². The van der Waals surface area contributed by atoms with Gasteiger partial charge in [0.25, 0.3) is 5.56 Å². The summed E-state index contributed by atoms with van der Waals surface area (Å²) < 4.78 is 0. The topological polar surface area (TPSA) is 66.0 Å². The van der Waals surface area contributed by atoms with Gasteiger partial charge in [0.05, 0.1) is 16.5 Å². The van der Waals surface area contributed by atoms with E-state index in [-0.39, 0.29) is 11.5 Å². The molecule has 4 nitrogen and oxygen atoms in total. The maximum atomic E-state index is 12.3. The summed E-state index contributed by atoms with van der Waals surface area (Å²) >= 11 is 0. The van der Waals surface area contributed by atoms with E-state index in [9.17, 15) is 9.90 Å². The third kappa shape index (κ3) is 2.78. The molecule has 0 spiro atoms. The van der Waals surface area contributed by atoms with Crippen LogP contribution in [0, 0.1) is 0 Å². The minimum absolute atomic E-state index is 0.173. The number of hydrogen-bond acceptors (Lipinski definition) is 3. The number of rotatable bonds is 4. The van der Waals surface area contributed by atoms with Crippen molar-refractivity contribution >= 4 is 10.9 Å². The largest absolute Gasteiger partial charge is 0.385 e. The SMILES string of the molecule is CCC(c1nc2ccccc2c(=O)[nH]1)C(C)(O)c1ccccc1. The van der Waals surface area contributed by atoms with Crippen LogP contribution in [0.2, 0.25) is 0 Å². The molecule has 0 aliphatic heterocycles. The average molecular weight is 308 g/mol. The Balaban J connectivity index is 2.13. The van der Waals surface area contributed by atoms with E-state index in [1.54, 1.807) is 13.0 Å². The first-order chi connectivity index (χ1) is 11.0. The summed E-state index contributed by atoms with van der Waals surface area (Å²) in [6.45, 7) is 3.75. The molecule has 23 heavy (non-hydrogen) atoms. The molecule has 2 atom stereocenters. The van der Waals surface area contributed by atoms with E-state index >= 15 is 0 Å². The molecule has 0 aliphatic rings. The number of aromatic amines is 1. The smallest absolute Gasteiger partial charge is 0.258 e. The zero-order valence-corrected chi connectivity index (χ0v) is 13.3. The molecular formula is C19H20N2O2. The van der Waals surface area contributed by atoms with Crippen LogP contribution < -0.4 is 5.56 Å². The van der Waals surface area contributed by atoms with Crippen LogP contribution in [0.3, 0.4) is 0 Å². The molecule has 2 unspecified atom stereocenters. The maximum absolute atomic E-state index is 12.3. The number of benzene rings is 2. The van der Waals surface area contributed by atoms with E-state index in [2.05, 4.69) is 9.97 Å². The van der Waals surface area contributed by atoms with Crippen molar-refractivity contribution in [1.29, 1.82) is 0 Å². The number of para-hydroxylation sites is 1. The Hall–Kier alpha value is -2.46. The minimum atomic E-state index is -1.12. The van der Waals surface area contributed by atoms with Crippen LogP contribution in [0.4, 0.5) is 0 Å². The van der Waals surface area contributed by atoms with Gasteiger partial charge in [-0.25, -0.2) is 4.98 Å². The molecule has 3 rings (SSSR count). The lowest BCUT2D eigenvalue weighted by molar-refractivity contribution is 0.0220. The lowest BCUT2D eigenvalue weighted by Gasteiger charge is -2.32. The zero-order valence-electron chi connectivity index (χ0n) is 13.3. The zero-order chi connectivity index (χ0) is 16.4. The second kappa shape index (κ2) is 5.97. The van der Waals surface area contributed by atoms with E-state index in [0.29, 0.717) is 23.1 Å². The van der Waals surface area contributed by atoms with Crippen LogP contribution >= 0.6 is 0 Å². The first-order valence-electron chi connectivity index (χ1n) is 7.81. The van der Waals surface area contributed by atoms with Crippen LogP contribution in [0.25, 0.3) is 10.9 Å². The van der Waals surface area contributed by atoms with Gasteiger partial charge in [0, 0.05) is 5.92 Å². The molecule has 118 valence electrons. The number of aromatic nitrogens is 2. The highest BCUT2D eigenvalue weighted by Gasteiger charge is 2.35. The second-order valence-corrected chi connectivity index (χ2v) is 5.94. The lowest BCUT2D eigenvalue weighted by Crippen LogP contribution is -2.32. The summed E-state index contributed by atoms with van der Waals surface area (Å²) in [5.74, 6) is 0.215. The van der Waals surface area contributed by atoms with E-state index < -0.39 is 5.60 Å². The van der Waals surface area contributed by atoms with Gasteiger partial charge in [-0.1, -0.05) is 49.4 Å². The maximum Gasteiger partial charge on any atom is 0.258 e. The summed E-state index contributed by atoms with van der Waals surface area (Å²) in [5.41, 5.74) is 0.165. The fraction of sp³-hybridized carbons (Fsp3) is 0.263. The van der Waals surface area contributed by atoms with Crippen LogP contribution in [-0.2, 0) is 5.60 Å². The van der Waals surface area contributed by atoms with Crippen molar-refractivity contribution in [2.75, 3.05) is 0 Å². The number of nitrogens with one attached hydrogen (secondary N) is 1. The molecule has 2 aromatic carbocycles. The Labute approximate surface area is 134 Å². The number of H-pyrrole nitrogens is 1. The highest BCUT2D eigenvalue weighted by molar-refractivity contribution is 5.77. The van der Waals surface area contributed by atoms with Crippen molar-refractivity contribution in [2.24, 2.45) is 0 Å². The molecule has 1 heterocycles. The summed E-state index contributed by atoms with van der Waals surface area (Å²) in [4.78, 5) is 19.7. The molecule has 0 saturated carbocycles. The van der Waals surface area contributed by atoms with E-state index in [1.165, 1.54) is 0 Å². The first kappa shape index (κ1) is 15.4. The van der Waals surface area contributed by atoms with Gasteiger partial charge in [-0.2, -0.15) is 0 Å². The molecule has 0 radical (unpaired) electrons. The average Bonchev–Trinajstić information content (AvgIpc) is 2.56. The van der Waals surface area contributed by atoms with Gasteiger partial charge in [-0.15, -0.1) is 0 Å². The number of fused-ring (bicyclic) bond motifs is 1. The van der Waals surface area contributed by atoms with Crippen molar-refractivity contribution in [1.82, 2.24) is 9.97 Å². The van der Waals surface area contributed by atoms with Gasteiger partial charge in [-0.05, 0) is 31.0 Å². The third-order valence-electron chi connectivity index (χ3n) is 4.41. The molecule has 0 aliphatic carbocycles. The lowest BCUT2D eigenvalue weighted by atomic mass is 9.80. The van der Waals surface area contributed by atoms with Crippen molar-refractivity contribution < 1.29 is 5.11 Å². The van der Waals surface area contributed by atoms with Crippen molar-refractivity contribution in [3.63, 3.8) is 0 Å². The van der Waals surface area contributed by atoms with Gasteiger partial charge >= 0.3 is 0 Å². The fourth-order valence-corrected chi connectivity index (χ4v) is 3.10. The Morgan fingerprint density at radius 3 is 2.48 bits per heavy atom. The predicted molar refractivity (Wildman–Crippen MR) is 91.4 cm³/mol. The van der Waals surface area contributed by atoms with E-state index in [4.69, 9.17) is 0 Å². The highest BCUT2D eigenvalue weighted by Crippen LogP contribution is 2.37. The first-order valence-corrected chi connectivity index (χ1v) is 7.81. The fourth-order valence-electron chi connectivity index (χ4n) is 3.10. The monoisotopic (exact) mass is 308 g/mol. The molecule has 0 saturated heterocycles. The molecule has 0 fully saturated rings. The van der Waals surface area contributed by atoms with Gasteiger partial charge < -0.3 is 10.1 Å². The van der Waals surface area contributed by atoms with Crippen molar-refractivity contribution in [3.05, 3.63) is 76.3 Å². The minimum Gasteiger partial charge on any atom is -0.385 e.